The highest BCUT2D eigenvalue weighted by Crippen LogP contribution is 2.44. The Morgan fingerprint density at radius 3 is 2.08 bits per heavy atom. The molecule has 0 bridgehead atoms. The van der Waals surface area contributed by atoms with Crippen molar-refractivity contribution in [1.82, 2.24) is 5.32 Å². The molecule has 40 heavy (non-hydrogen) atoms. The Labute approximate surface area is 235 Å². The summed E-state index contributed by atoms with van der Waals surface area (Å²) in [4.78, 5) is 24.7. The van der Waals surface area contributed by atoms with Crippen LogP contribution in [-0.4, -0.2) is 43.3 Å². The van der Waals surface area contributed by atoms with E-state index < -0.39 is 24.4 Å². The lowest BCUT2D eigenvalue weighted by Crippen LogP contribution is -2.41. The molecule has 3 aromatic rings. The molecule has 3 aromatic carbocycles. The maximum atomic E-state index is 12.9. The van der Waals surface area contributed by atoms with Gasteiger partial charge in [-0.3, -0.25) is 4.79 Å². The molecule has 1 fully saturated rings. The number of nitrogens with one attached hydrogen (secondary N) is 1. The predicted octanol–water partition coefficient (Wildman–Crippen LogP) is 6.02. The molecule has 0 radical (unpaired) electrons. The number of Topliss-reactive ketones (excluding diaryl/α,β-unsaturated/α-hetero) is 1. The van der Waals surface area contributed by atoms with Gasteiger partial charge in [0.2, 0.25) is 0 Å². The van der Waals surface area contributed by atoms with Crippen LogP contribution in [0.4, 0.5) is 10.5 Å². The quantitative estimate of drug-likeness (QED) is 0.217. The van der Waals surface area contributed by atoms with Crippen molar-refractivity contribution in [3.8, 4) is 11.1 Å². The monoisotopic (exact) mass is 538 g/mol. The Kier molecular flexibility index (Phi) is 7.33. The molecule has 1 aliphatic carbocycles. The van der Waals surface area contributed by atoms with Gasteiger partial charge in [-0.25, -0.2) is 4.79 Å². The summed E-state index contributed by atoms with van der Waals surface area (Å²) < 4.78 is 18.3. The number of rotatable bonds is 7. The molecule has 1 heterocycles. The van der Waals surface area contributed by atoms with Crippen molar-refractivity contribution in [2.45, 2.75) is 51.7 Å². The first-order valence-corrected chi connectivity index (χ1v) is 13.5. The van der Waals surface area contributed by atoms with E-state index in [1.165, 1.54) is 18.1 Å². The fourth-order valence-corrected chi connectivity index (χ4v) is 5.15. The average molecular weight is 538 g/mol. The molecular weight excluding hydrogens is 503 g/mol. The average Bonchev–Trinajstić information content (AvgIpc) is 3.34. The van der Waals surface area contributed by atoms with E-state index in [4.69, 9.17) is 19.8 Å². The van der Waals surface area contributed by atoms with Crippen LogP contribution in [0.5, 0.6) is 0 Å². The van der Waals surface area contributed by atoms with Crippen molar-refractivity contribution >= 4 is 30.8 Å². The normalized spacial score (nSPS) is 17.3. The van der Waals surface area contributed by atoms with Crippen molar-refractivity contribution in [3.05, 3.63) is 94.5 Å². The number of nitrogen functional groups attached to an aromatic ring is 1. The van der Waals surface area contributed by atoms with Crippen LogP contribution in [0, 0.1) is 0 Å². The van der Waals surface area contributed by atoms with Crippen LogP contribution in [0.1, 0.15) is 67.6 Å². The topological polar surface area (TPSA) is 99.9 Å². The SMILES string of the molecule is CC(=O)c1ccc(C=C(CNC(=O)OCC2c3ccccc3-c3ccccc32)B2OC(C)(C)C(C)(C)O2)c(N)c1. The van der Waals surface area contributed by atoms with E-state index in [0.29, 0.717) is 22.3 Å². The lowest BCUT2D eigenvalue weighted by molar-refractivity contribution is 0.00578. The van der Waals surface area contributed by atoms with Gasteiger partial charge in [-0.1, -0.05) is 66.7 Å². The number of alkyl carbamates (subject to hydrolysis) is 1. The van der Waals surface area contributed by atoms with E-state index in [-0.39, 0.29) is 24.9 Å². The van der Waals surface area contributed by atoms with Gasteiger partial charge in [-0.15, -0.1) is 0 Å². The zero-order valence-corrected chi connectivity index (χ0v) is 23.6. The maximum Gasteiger partial charge on any atom is 0.492 e. The van der Waals surface area contributed by atoms with Crippen molar-refractivity contribution in [2.75, 3.05) is 18.9 Å². The van der Waals surface area contributed by atoms with Gasteiger partial charge in [0.15, 0.2) is 5.78 Å². The van der Waals surface area contributed by atoms with E-state index >= 15 is 0 Å². The molecule has 0 atom stereocenters. The first-order chi connectivity index (χ1) is 19.0. The fourth-order valence-electron chi connectivity index (χ4n) is 5.15. The summed E-state index contributed by atoms with van der Waals surface area (Å²) in [5.74, 6) is -0.0961. The predicted molar refractivity (Wildman–Crippen MR) is 158 cm³/mol. The molecule has 0 spiro atoms. The summed E-state index contributed by atoms with van der Waals surface area (Å²) in [6, 6.07) is 21.6. The molecule has 2 aliphatic rings. The van der Waals surface area contributed by atoms with Crippen LogP contribution in [0.25, 0.3) is 17.2 Å². The van der Waals surface area contributed by atoms with Crippen LogP contribution in [0.3, 0.4) is 0 Å². The molecular formula is C32H35BN2O5. The summed E-state index contributed by atoms with van der Waals surface area (Å²) >= 11 is 0. The maximum absolute atomic E-state index is 12.9. The van der Waals surface area contributed by atoms with E-state index in [0.717, 1.165) is 11.1 Å². The second-order valence-corrected chi connectivity index (χ2v) is 11.4. The minimum absolute atomic E-state index is 0.0316. The highest BCUT2D eigenvalue weighted by Gasteiger charge is 2.52. The third-order valence-electron chi connectivity index (χ3n) is 8.17. The van der Waals surface area contributed by atoms with Gasteiger partial charge in [-0.05, 0) is 74.0 Å². The number of benzene rings is 3. The van der Waals surface area contributed by atoms with Crippen LogP contribution < -0.4 is 11.1 Å². The van der Waals surface area contributed by atoms with Gasteiger partial charge in [0.05, 0.1) is 11.2 Å². The smallest absolute Gasteiger partial charge is 0.449 e. The Balaban J connectivity index is 1.32. The zero-order chi connectivity index (χ0) is 28.7. The number of carbonyl (C=O) groups is 2. The number of ether oxygens (including phenoxy) is 1. The third-order valence-corrected chi connectivity index (χ3v) is 8.17. The number of ketones is 1. The number of hydrogen-bond acceptors (Lipinski definition) is 6. The standard InChI is InChI=1S/C32H35BN2O5/c1-20(36)21-14-15-22(29(34)17-21)16-23(33-39-31(2,3)32(4,5)40-33)18-35-30(37)38-19-28-26-12-8-6-10-24(26)25-11-7-9-13-27(25)28/h6-17,28H,18-19,34H2,1-5H3,(H,35,37). The molecule has 5 rings (SSSR count). The first kappa shape index (κ1) is 27.7. The van der Waals surface area contributed by atoms with Crippen molar-refractivity contribution in [1.29, 1.82) is 0 Å². The van der Waals surface area contributed by atoms with Gasteiger partial charge >= 0.3 is 13.2 Å². The highest BCUT2D eigenvalue weighted by atomic mass is 16.7. The van der Waals surface area contributed by atoms with Crippen LogP contribution in [0.15, 0.2) is 72.2 Å². The van der Waals surface area contributed by atoms with Crippen LogP contribution in [-0.2, 0) is 14.0 Å². The number of anilines is 1. The number of amides is 1. The molecule has 3 N–H and O–H groups in total. The van der Waals surface area contributed by atoms with Crippen LogP contribution >= 0.6 is 0 Å². The molecule has 206 valence electrons. The van der Waals surface area contributed by atoms with E-state index in [2.05, 4.69) is 29.6 Å². The van der Waals surface area contributed by atoms with Crippen molar-refractivity contribution in [2.24, 2.45) is 0 Å². The molecule has 0 saturated carbocycles. The molecule has 1 saturated heterocycles. The van der Waals surface area contributed by atoms with Gasteiger partial charge < -0.3 is 25.1 Å². The van der Waals surface area contributed by atoms with Gasteiger partial charge in [0, 0.05) is 23.7 Å². The lowest BCUT2D eigenvalue weighted by atomic mass is 9.76. The Hall–Kier alpha value is -3.88. The molecule has 1 amide bonds. The zero-order valence-electron chi connectivity index (χ0n) is 23.6. The summed E-state index contributed by atoms with van der Waals surface area (Å²) in [5, 5.41) is 2.87. The molecule has 8 heteroatoms. The summed E-state index contributed by atoms with van der Waals surface area (Å²) in [6.45, 7) is 9.73. The van der Waals surface area contributed by atoms with Gasteiger partial charge in [-0.2, -0.15) is 0 Å². The minimum Gasteiger partial charge on any atom is -0.449 e. The fraction of sp³-hybridized carbons (Fsp3) is 0.312. The molecule has 0 unspecified atom stereocenters. The van der Waals surface area contributed by atoms with Gasteiger partial charge in [0.25, 0.3) is 0 Å². The summed E-state index contributed by atoms with van der Waals surface area (Å²) in [5.41, 5.74) is 12.1. The second-order valence-electron chi connectivity index (χ2n) is 11.4. The number of nitrogens with two attached hydrogens (primary N) is 1. The Bertz CT molecular complexity index is 1430. The lowest BCUT2D eigenvalue weighted by Gasteiger charge is -2.32. The van der Waals surface area contributed by atoms with Crippen molar-refractivity contribution in [3.63, 3.8) is 0 Å². The second kappa shape index (κ2) is 10.6. The minimum atomic E-state index is -0.703. The van der Waals surface area contributed by atoms with Crippen LogP contribution in [0.2, 0.25) is 0 Å². The Morgan fingerprint density at radius 1 is 0.950 bits per heavy atom. The largest absolute Gasteiger partial charge is 0.492 e. The molecule has 1 aliphatic heterocycles. The summed E-state index contributed by atoms with van der Waals surface area (Å²) in [6.07, 6.45) is 1.30. The van der Waals surface area contributed by atoms with Gasteiger partial charge in [0.1, 0.15) is 6.61 Å². The number of hydrogen-bond donors (Lipinski definition) is 2. The van der Waals surface area contributed by atoms with E-state index in [1.54, 1.807) is 18.2 Å². The van der Waals surface area contributed by atoms with E-state index in [1.807, 2.05) is 58.0 Å². The summed E-state index contributed by atoms with van der Waals surface area (Å²) in [7, 11) is -0.703. The number of carbonyl (C=O) groups excluding carboxylic acids is 2. The molecule has 0 aromatic heterocycles. The van der Waals surface area contributed by atoms with Crippen molar-refractivity contribution < 1.29 is 23.6 Å². The highest BCUT2D eigenvalue weighted by molar-refractivity contribution is 6.56. The number of fused-ring (bicyclic) bond motifs is 3. The molecule has 7 nitrogen and oxygen atoms in total. The van der Waals surface area contributed by atoms with E-state index in [9.17, 15) is 9.59 Å². The Morgan fingerprint density at radius 2 is 1.52 bits per heavy atom. The third kappa shape index (κ3) is 5.29. The first-order valence-electron chi connectivity index (χ1n) is 13.5.